The smallest absolute Gasteiger partial charge is 0.355 e. The van der Waals surface area contributed by atoms with Crippen molar-refractivity contribution in [1.82, 2.24) is 19.7 Å². The molecule has 2 aromatic rings. The molecule has 2 rings (SSSR count). The highest BCUT2D eigenvalue weighted by Gasteiger charge is 2.24. The summed E-state index contributed by atoms with van der Waals surface area (Å²) in [6.07, 6.45) is 3.77. The zero-order valence-electron chi connectivity index (χ0n) is 10.7. The highest BCUT2D eigenvalue weighted by molar-refractivity contribution is 5.63. The van der Waals surface area contributed by atoms with Crippen LogP contribution in [0.1, 0.15) is 19.0 Å². The highest BCUT2D eigenvalue weighted by Crippen LogP contribution is 2.27. The third kappa shape index (κ3) is 2.67. The normalized spacial score (nSPS) is 10.4. The molecule has 2 aromatic heterocycles. The van der Waals surface area contributed by atoms with Crippen molar-refractivity contribution in [3.63, 3.8) is 0 Å². The maximum absolute atomic E-state index is 11.2. The average Bonchev–Trinajstić information content (AvgIpc) is 2.82. The predicted molar refractivity (Wildman–Crippen MR) is 69.3 cm³/mol. The van der Waals surface area contributed by atoms with Crippen LogP contribution in [0.25, 0.3) is 5.82 Å². The van der Waals surface area contributed by atoms with Crippen molar-refractivity contribution in [2.45, 2.75) is 20.3 Å². The largest absolute Gasteiger partial charge is 0.364 e. The maximum Gasteiger partial charge on any atom is 0.355 e. The van der Waals surface area contributed by atoms with E-state index < -0.39 is 4.92 Å². The van der Waals surface area contributed by atoms with E-state index in [1.807, 2.05) is 6.92 Å². The zero-order chi connectivity index (χ0) is 13.8. The van der Waals surface area contributed by atoms with Gasteiger partial charge in [-0.15, -0.1) is 0 Å². The lowest BCUT2D eigenvalue weighted by molar-refractivity contribution is -0.384. The number of anilines is 1. The SMILES string of the molecule is CCCNc1ncnc(-n2ccc(C)n2)c1[N+](=O)[O-]. The van der Waals surface area contributed by atoms with E-state index in [4.69, 9.17) is 0 Å². The fourth-order valence-corrected chi connectivity index (χ4v) is 1.61. The van der Waals surface area contributed by atoms with Crippen LogP contribution in [0.3, 0.4) is 0 Å². The fourth-order valence-electron chi connectivity index (χ4n) is 1.61. The van der Waals surface area contributed by atoms with Gasteiger partial charge in [-0.05, 0) is 19.4 Å². The molecule has 0 aliphatic rings. The third-order valence-electron chi connectivity index (χ3n) is 2.47. The van der Waals surface area contributed by atoms with Crippen LogP contribution in [-0.4, -0.2) is 31.2 Å². The summed E-state index contributed by atoms with van der Waals surface area (Å²) in [4.78, 5) is 18.6. The van der Waals surface area contributed by atoms with Crippen molar-refractivity contribution in [2.75, 3.05) is 11.9 Å². The summed E-state index contributed by atoms with van der Waals surface area (Å²) in [5.74, 6) is 0.372. The summed E-state index contributed by atoms with van der Waals surface area (Å²) in [6.45, 7) is 4.38. The molecule has 0 saturated carbocycles. The second kappa shape index (κ2) is 5.42. The van der Waals surface area contributed by atoms with Gasteiger partial charge in [-0.25, -0.2) is 14.6 Å². The molecule has 0 bridgehead atoms. The van der Waals surface area contributed by atoms with E-state index in [1.54, 1.807) is 19.2 Å². The summed E-state index contributed by atoms with van der Waals surface area (Å²) in [6, 6.07) is 1.75. The number of nitrogens with one attached hydrogen (secondary N) is 1. The number of nitro groups is 1. The van der Waals surface area contributed by atoms with Gasteiger partial charge in [-0.2, -0.15) is 5.10 Å². The van der Waals surface area contributed by atoms with E-state index >= 15 is 0 Å². The fraction of sp³-hybridized carbons (Fsp3) is 0.364. The number of aromatic nitrogens is 4. The molecule has 0 atom stereocenters. The first-order chi connectivity index (χ1) is 9.13. The minimum absolute atomic E-state index is 0.159. The van der Waals surface area contributed by atoms with Crippen LogP contribution in [0, 0.1) is 17.0 Å². The van der Waals surface area contributed by atoms with Crippen molar-refractivity contribution in [1.29, 1.82) is 0 Å². The van der Waals surface area contributed by atoms with Gasteiger partial charge in [0.25, 0.3) is 0 Å². The lowest BCUT2D eigenvalue weighted by Crippen LogP contribution is -2.10. The Morgan fingerprint density at radius 2 is 2.26 bits per heavy atom. The second-order valence-electron chi connectivity index (χ2n) is 3.98. The van der Waals surface area contributed by atoms with E-state index in [9.17, 15) is 10.1 Å². The minimum atomic E-state index is -0.496. The molecular weight excluding hydrogens is 248 g/mol. The molecule has 0 aliphatic heterocycles. The van der Waals surface area contributed by atoms with Gasteiger partial charge in [0.05, 0.1) is 10.6 Å². The van der Waals surface area contributed by atoms with Gasteiger partial charge in [0.1, 0.15) is 6.33 Å². The molecule has 2 heterocycles. The molecule has 0 fully saturated rings. The molecule has 8 nitrogen and oxygen atoms in total. The Kier molecular flexibility index (Phi) is 3.69. The zero-order valence-corrected chi connectivity index (χ0v) is 10.7. The van der Waals surface area contributed by atoms with Crippen molar-refractivity contribution >= 4 is 11.5 Å². The number of hydrogen-bond donors (Lipinski definition) is 1. The Bertz CT molecular complexity index is 595. The summed E-state index contributed by atoms with van der Waals surface area (Å²) in [5.41, 5.74) is 0.593. The van der Waals surface area contributed by atoms with Gasteiger partial charge in [0.2, 0.25) is 11.6 Å². The Balaban J connectivity index is 2.51. The van der Waals surface area contributed by atoms with Gasteiger partial charge in [-0.1, -0.05) is 6.92 Å². The van der Waals surface area contributed by atoms with Crippen LogP contribution in [0.4, 0.5) is 11.5 Å². The third-order valence-corrected chi connectivity index (χ3v) is 2.47. The maximum atomic E-state index is 11.2. The van der Waals surface area contributed by atoms with Crippen LogP contribution in [0.5, 0.6) is 0 Å². The number of rotatable bonds is 5. The molecule has 0 unspecified atom stereocenters. The quantitative estimate of drug-likeness (QED) is 0.650. The summed E-state index contributed by atoms with van der Waals surface area (Å²) in [7, 11) is 0. The predicted octanol–water partition coefficient (Wildman–Crippen LogP) is 1.70. The van der Waals surface area contributed by atoms with E-state index in [2.05, 4.69) is 20.4 Å². The lowest BCUT2D eigenvalue weighted by Gasteiger charge is -2.07. The van der Waals surface area contributed by atoms with E-state index in [1.165, 1.54) is 11.0 Å². The summed E-state index contributed by atoms with van der Waals surface area (Å²) >= 11 is 0. The molecule has 1 N–H and O–H groups in total. The van der Waals surface area contributed by atoms with Crippen LogP contribution in [0.2, 0.25) is 0 Å². The number of aryl methyl sites for hydroxylation is 1. The highest BCUT2D eigenvalue weighted by atomic mass is 16.6. The molecule has 0 radical (unpaired) electrons. The first-order valence-corrected chi connectivity index (χ1v) is 5.89. The molecule has 19 heavy (non-hydrogen) atoms. The Labute approximate surface area is 109 Å². The van der Waals surface area contributed by atoms with Crippen molar-refractivity contribution in [3.05, 3.63) is 34.4 Å². The monoisotopic (exact) mass is 262 g/mol. The lowest BCUT2D eigenvalue weighted by atomic mass is 10.4. The number of nitrogens with zero attached hydrogens (tertiary/aromatic N) is 5. The van der Waals surface area contributed by atoms with E-state index in [0.29, 0.717) is 6.54 Å². The second-order valence-corrected chi connectivity index (χ2v) is 3.98. The molecule has 100 valence electrons. The topological polar surface area (TPSA) is 98.8 Å². The van der Waals surface area contributed by atoms with Gasteiger partial charge in [0, 0.05) is 12.7 Å². The van der Waals surface area contributed by atoms with Gasteiger partial charge in [-0.3, -0.25) is 10.1 Å². The Morgan fingerprint density at radius 3 is 2.84 bits per heavy atom. The first-order valence-electron chi connectivity index (χ1n) is 5.89. The summed E-state index contributed by atoms with van der Waals surface area (Å²) < 4.78 is 1.38. The average molecular weight is 262 g/mol. The number of hydrogen-bond acceptors (Lipinski definition) is 6. The molecule has 0 aliphatic carbocycles. The minimum Gasteiger partial charge on any atom is -0.364 e. The molecule has 0 spiro atoms. The van der Waals surface area contributed by atoms with Crippen LogP contribution in [0.15, 0.2) is 18.6 Å². The van der Waals surface area contributed by atoms with Crippen molar-refractivity contribution in [3.8, 4) is 5.82 Å². The van der Waals surface area contributed by atoms with E-state index in [-0.39, 0.29) is 17.3 Å². The molecule has 0 aromatic carbocycles. The Morgan fingerprint density at radius 1 is 1.47 bits per heavy atom. The van der Waals surface area contributed by atoms with Crippen molar-refractivity contribution < 1.29 is 4.92 Å². The molecule has 0 saturated heterocycles. The van der Waals surface area contributed by atoms with Crippen LogP contribution in [-0.2, 0) is 0 Å². The van der Waals surface area contributed by atoms with Crippen LogP contribution < -0.4 is 5.32 Å². The molecular formula is C11H14N6O2. The van der Waals surface area contributed by atoms with Gasteiger partial charge in [0.15, 0.2) is 0 Å². The standard InChI is InChI=1S/C11H14N6O2/c1-3-5-12-10-9(17(18)19)11(14-7-13-10)16-6-4-8(2)15-16/h4,6-7H,3,5H2,1-2H3,(H,12,13,14). The Hall–Kier alpha value is -2.51. The molecule has 8 heteroatoms. The van der Waals surface area contributed by atoms with Crippen LogP contribution >= 0.6 is 0 Å². The first kappa shape index (κ1) is 12.9. The summed E-state index contributed by atoms with van der Waals surface area (Å²) in [5, 5.41) is 18.3. The van der Waals surface area contributed by atoms with Gasteiger partial charge >= 0.3 is 5.69 Å². The van der Waals surface area contributed by atoms with Crippen molar-refractivity contribution in [2.24, 2.45) is 0 Å². The molecule has 0 amide bonds. The van der Waals surface area contributed by atoms with E-state index in [0.717, 1.165) is 12.1 Å². The van der Waals surface area contributed by atoms with Gasteiger partial charge < -0.3 is 5.32 Å².